The Morgan fingerprint density at radius 2 is 1.88 bits per heavy atom. The first-order chi connectivity index (χ1) is 12.6. The molecule has 134 valence electrons. The van der Waals surface area contributed by atoms with Crippen molar-refractivity contribution in [1.82, 2.24) is 15.0 Å². The summed E-state index contributed by atoms with van der Waals surface area (Å²) in [5, 5.41) is 7.84. The summed E-state index contributed by atoms with van der Waals surface area (Å²) in [4.78, 5) is 13.2. The fraction of sp³-hybridized carbons (Fsp3) is 0.211. The molecule has 7 heteroatoms. The minimum Gasteiger partial charge on any atom is -0.370 e. The highest BCUT2D eigenvalue weighted by Gasteiger charge is 2.04. The fourth-order valence-electron chi connectivity index (χ4n) is 2.46. The Morgan fingerprint density at radius 1 is 1.00 bits per heavy atom. The normalized spacial score (nSPS) is 10.6. The van der Waals surface area contributed by atoms with E-state index in [1.54, 1.807) is 12.3 Å². The van der Waals surface area contributed by atoms with E-state index in [4.69, 9.17) is 23.2 Å². The highest BCUT2D eigenvalue weighted by molar-refractivity contribution is 6.35. The molecule has 0 radical (unpaired) electrons. The summed E-state index contributed by atoms with van der Waals surface area (Å²) in [5.74, 6) is 1.34. The smallest absolute Gasteiger partial charge is 0.225 e. The van der Waals surface area contributed by atoms with Crippen LogP contribution in [0.2, 0.25) is 10.0 Å². The van der Waals surface area contributed by atoms with Gasteiger partial charge < -0.3 is 10.6 Å². The molecule has 0 atom stereocenters. The van der Waals surface area contributed by atoms with Crippen LogP contribution in [0.4, 0.5) is 11.8 Å². The van der Waals surface area contributed by atoms with Crippen LogP contribution in [-0.2, 0) is 13.0 Å². The summed E-state index contributed by atoms with van der Waals surface area (Å²) in [6.07, 6.45) is 2.54. The second-order valence-corrected chi connectivity index (χ2v) is 6.65. The van der Waals surface area contributed by atoms with Crippen molar-refractivity contribution >= 4 is 35.0 Å². The van der Waals surface area contributed by atoms with Crippen molar-refractivity contribution in [2.24, 2.45) is 0 Å². The lowest BCUT2D eigenvalue weighted by Crippen LogP contribution is -2.10. The predicted octanol–water partition coefficient (Wildman–Crippen LogP) is 4.75. The number of pyridine rings is 1. The van der Waals surface area contributed by atoms with Crippen molar-refractivity contribution in [2.75, 3.05) is 17.2 Å². The van der Waals surface area contributed by atoms with Crippen LogP contribution in [0.15, 0.2) is 48.7 Å². The third kappa shape index (κ3) is 5.31. The standard InChI is InChI=1S/C19H19Cl2N5/c1-13-10-18(23-9-7-14-5-6-15(20)11-17(14)21)26-19(25-13)24-12-16-4-2-3-8-22-16/h2-6,8,10-11H,7,9,12H2,1H3,(H2,23,24,25,26). The summed E-state index contributed by atoms with van der Waals surface area (Å²) in [5.41, 5.74) is 2.86. The zero-order valence-electron chi connectivity index (χ0n) is 14.3. The van der Waals surface area contributed by atoms with Crippen LogP contribution in [0.25, 0.3) is 0 Å². The van der Waals surface area contributed by atoms with Crippen molar-refractivity contribution in [2.45, 2.75) is 19.9 Å². The van der Waals surface area contributed by atoms with E-state index < -0.39 is 0 Å². The van der Waals surface area contributed by atoms with Gasteiger partial charge in [0.05, 0.1) is 12.2 Å². The van der Waals surface area contributed by atoms with Crippen LogP contribution in [0, 0.1) is 6.92 Å². The Balaban J connectivity index is 1.58. The number of nitrogens with zero attached hydrogens (tertiary/aromatic N) is 3. The van der Waals surface area contributed by atoms with Gasteiger partial charge >= 0.3 is 0 Å². The van der Waals surface area contributed by atoms with Gasteiger partial charge in [0, 0.05) is 34.5 Å². The molecule has 0 unspecified atom stereocenters. The minimum absolute atomic E-state index is 0.572. The maximum Gasteiger partial charge on any atom is 0.225 e. The summed E-state index contributed by atoms with van der Waals surface area (Å²) in [6, 6.07) is 13.3. The van der Waals surface area contributed by atoms with Gasteiger partial charge in [-0.05, 0) is 43.2 Å². The average molecular weight is 388 g/mol. The number of aromatic nitrogens is 3. The maximum absolute atomic E-state index is 6.21. The molecule has 0 fully saturated rings. The number of halogens is 2. The Morgan fingerprint density at radius 3 is 2.65 bits per heavy atom. The molecule has 0 aliphatic carbocycles. The Kier molecular flexibility index (Phi) is 6.26. The van der Waals surface area contributed by atoms with E-state index in [1.807, 2.05) is 43.3 Å². The van der Waals surface area contributed by atoms with Crippen LogP contribution in [0.3, 0.4) is 0 Å². The van der Waals surface area contributed by atoms with Gasteiger partial charge in [-0.25, -0.2) is 4.98 Å². The zero-order valence-corrected chi connectivity index (χ0v) is 15.8. The molecule has 2 heterocycles. The van der Waals surface area contributed by atoms with Crippen molar-refractivity contribution in [1.29, 1.82) is 0 Å². The van der Waals surface area contributed by atoms with Gasteiger partial charge in [0.2, 0.25) is 5.95 Å². The fourth-order valence-corrected chi connectivity index (χ4v) is 2.96. The van der Waals surface area contributed by atoms with Crippen LogP contribution in [-0.4, -0.2) is 21.5 Å². The van der Waals surface area contributed by atoms with E-state index in [-0.39, 0.29) is 0 Å². The monoisotopic (exact) mass is 387 g/mol. The molecule has 0 aliphatic heterocycles. The SMILES string of the molecule is Cc1cc(NCCc2ccc(Cl)cc2Cl)nc(NCc2ccccn2)n1. The number of rotatable bonds is 7. The first kappa shape index (κ1) is 18.4. The molecule has 5 nitrogen and oxygen atoms in total. The molecular weight excluding hydrogens is 369 g/mol. The number of nitrogens with one attached hydrogen (secondary N) is 2. The third-order valence-corrected chi connectivity index (χ3v) is 4.31. The molecule has 0 amide bonds. The number of hydrogen-bond acceptors (Lipinski definition) is 5. The van der Waals surface area contributed by atoms with Gasteiger partial charge in [0.1, 0.15) is 5.82 Å². The Labute approximate surface area is 162 Å². The summed E-state index contributed by atoms with van der Waals surface area (Å²) in [6.45, 7) is 3.22. The van der Waals surface area contributed by atoms with E-state index in [0.717, 1.165) is 29.2 Å². The van der Waals surface area contributed by atoms with Gasteiger partial charge in [-0.1, -0.05) is 35.3 Å². The molecule has 3 rings (SSSR count). The van der Waals surface area contributed by atoms with E-state index in [1.165, 1.54) is 0 Å². The lowest BCUT2D eigenvalue weighted by molar-refractivity contribution is 0.968. The summed E-state index contributed by atoms with van der Waals surface area (Å²) >= 11 is 12.1. The van der Waals surface area contributed by atoms with E-state index in [2.05, 4.69) is 25.6 Å². The predicted molar refractivity (Wildman–Crippen MR) is 107 cm³/mol. The molecule has 0 aliphatic rings. The number of anilines is 2. The van der Waals surface area contributed by atoms with Gasteiger partial charge in [0.15, 0.2) is 0 Å². The number of aryl methyl sites for hydroxylation is 1. The molecule has 0 saturated heterocycles. The molecule has 3 aromatic rings. The van der Waals surface area contributed by atoms with Crippen molar-refractivity contribution < 1.29 is 0 Å². The van der Waals surface area contributed by atoms with Gasteiger partial charge in [0.25, 0.3) is 0 Å². The second-order valence-electron chi connectivity index (χ2n) is 5.81. The molecule has 1 aromatic carbocycles. The highest BCUT2D eigenvalue weighted by Crippen LogP contribution is 2.21. The Hall–Kier alpha value is -2.37. The van der Waals surface area contributed by atoms with Gasteiger partial charge in [-0.2, -0.15) is 4.98 Å². The van der Waals surface area contributed by atoms with Crippen LogP contribution in [0.1, 0.15) is 17.0 Å². The van der Waals surface area contributed by atoms with E-state index in [0.29, 0.717) is 29.1 Å². The molecule has 2 N–H and O–H groups in total. The lowest BCUT2D eigenvalue weighted by Gasteiger charge is -2.10. The first-order valence-corrected chi connectivity index (χ1v) is 9.03. The number of hydrogen-bond donors (Lipinski definition) is 2. The van der Waals surface area contributed by atoms with E-state index >= 15 is 0 Å². The molecule has 0 saturated carbocycles. The largest absolute Gasteiger partial charge is 0.370 e. The van der Waals surface area contributed by atoms with Crippen LogP contribution in [0.5, 0.6) is 0 Å². The summed E-state index contributed by atoms with van der Waals surface area (Å²) < 4.78 is 0. The van der Waals surface area contributed by atoms with Crippen molar-refractivity contribution in [3.8, 4) is 0 Å². The molecule has 2 aromatic heterocycles. The molecule has 26 heavy (non-hydrogen) atoms. The minimum atomic E-state index is 0.572. The molecule has 0 bridgehead atoms. The van der Waals surface area contributed by atoms with Crippen molar-refractivity contribution in [3.63, 3.8) is 0 Å². The highest BCUT2D eigenvalue weighted by atomic mass is 35.5. The van der Waals surface area contributed by atoms with Gasteiger partial charge in [-0.15, -0.1) is 0 Å². The Bertz CT molecular complexity index is 871. The van der Waals surface area contributed by atoms with Crippen LogP contribution < -0.4 is 10.6 Å². The second kappa shape index (κ2) is 8.83. The molecular formula is C19H19Cl2N5. The lowest BCUT2D eigenvalue weighted by atomic mass is 10.1. The molecule has 0 spiro atoms. The third-order valence-electron chi connectivity index (χ3n) is 3.72. The zero-order chi connectivity index (χ0) is 18.4. The van der Waals surface area contributed by atoms with Gasteiger partial charge in [-0.3, -0.25) is 4.98 Å². The van der Waals surface area contributed by atoms with Crippen LogP contribution >= 0.6 is 23.2 Å². The average Bonchev–Trinajstić information content (AvgIpc) is 2.62. The number of benzene rings is 1. The quantitative estimate of drug-likeness (QED) is 0.612. The topological polar surface area (TPSA) is 62.7 Å². The summed E-state index contributed by atoms with van der Waals surface area (Å²) in [7, 11) is 0. The maximum atomic E-state index is 6.21. The van der Waals surface area contributed by atoms with Crippen molar-refractivity contribution in [3.05, 3.63) is 75.7 Å². The van der Waals surface area contributed by atoms with E-state index in [9.17, 15) is 0 Å². The first-order valence-electron chi connectivity index (χ1n) is 8.27.